The summed E-state index contributed by atoms with van der Waals surface area (Å²) in [7, 11) is 0. The summed E-state index contributed by atoms with van der Waals surface area (Å²) in [5.41, 5.74) is 0.823. The number of nitrogens with one attached hydrogen (secondary N) is 1. The van der Waals surface area contributed by atoms with Crippen molar-refractivity contribution in [2.24, 2.45) is 0 Å². The Bertz CT molecular complexity index is 709. The molecule has 1 aliphatic carbocycles. The Labute approximate surface area is 122 Å². The van der Waals surface area contributed by atoms with Crippen molar-refractivity contribution < 1.29 is 17.6 Å². The molecule has 0 radical (unpaired) electrons. The van der Waals surface area contributed by atoms with Crippen LogP contribution in [0, 0.1) is 23.3 Å². The van der Waals surface area contributed by atoms with Crippen molar-refractivity contribution in [2.45, 2.75) is 4.75 Å². The van der Waals surface area contributed by atoms with Gasteiger partial charge in [-0.2, -0.15) is 0 Å². The first kappa shape index (κ1) is 13.2. The van der Waals surface area contributed by atoms with E-state index in [4.69, 9.17) is 0 Å². The lowest BCUT2D eigenvalue weighted by Gasteiger charge is -2.24. The van der Waals surface area contributed by atoms with Gasteiger partial charge in [-0.1, -0.05) is 0 Å². The van der Waals surface area contributed by atoms with Crippen LogP contribution in [0.25, 0.3) is 11.1 Å². The summed E-state index contributed by atoms with van der Waals surface area (Å²) in [6.07, 6.45) is 0. The third kappa shape index (κ3) is 1.63. The Morgan fingerprint density at radius 2 is 1.38 bits per heavy atom. The molecule has 0 bridgehead atoms. The summed E-state index contributed by atoms with van der Waals surface area (Å²) < 4.78 is 54.8. The average molecular weight is 311 g/mol. The first-order valence-corrected chi connectivity index (χ1v) is 7.35. The van der Waals surface area contributed by atoms with E-state index in [0.717, 1.165) is 12.1 Å². The van der Waals surface area contributed by atoms with Gasteiger partial charge in [-0.25, -0.2) is 17.6 Å². The van der Waals surface area contributed by atoms with Crippen molar-refractivity contribution in [2.75, 3.05) is 12.4 Å². The lowest BCUT2D eigenvalue weighted by atomic mass is 9.95. The largest absolute Gasteiger partial charge is 0.306 e. The van der Waals surface area contributed by atoms with Gasteiger partial charge in [0, 0.05) is 35.7 Å². The van der Waals surface area contributed by atoms with E-state index in [9.17, 15) is 17.6 Å². The fraction of sp³-hybridized carbons (Fsp3) is 0.200. The summed E-state index contributed by atoms with van der Waals surface area (Å²) in [6, 6.07) is 3.90. The maximum atomic E-state index is 14.2. The fourth-order valence-electron chi connectivity index (χ4n) is 3.24. The zero-order valence-electron chi connectivity index (χ0n) is 10.6. The smallest absolute Gasteiger partial charge is 0.134 e. The summed E-state index contributed by atoms with van der Waals surface area (Å²) in [5, 5.41) is 3.09. The minimum Gasteiger partial charge on any atom is -0.306 e. The van der Waals surface area contributed by atoms with E-state index in [0.29, 0.717) is 23.5 Å². The molecule has 0 saturated carbocycles. The Kier molecular flexibility index (Phi) is 2.65. The number of hydrogen-bond acceptors (Lipinski definition) is 2. The van der Waals surface area contributed by atoms with Crippen LogP contribution in [0.3, 0.4) is 0 Å². The Morgan fingerprint density at radius 1 is 0.857 bits per heavy atom. The molecule has 6 heteroatoms. The van der Waals surface area contributed by atoms with Gasteiger partial charge in [-0.15, -0.1) is 11.8 Å². The number of hydrogen-bond donors (Lipinski definition) is 1. The first-order chi connectivity index (χ1) is 10.0. The summed E-state index contributed by atoms with van der Waals surface area (Å²) in [5.74, 6) is -2.52. The van der Waals surface area contributed by atoms with Crippen molar-refractivity contribution in [1.82, 2.24) is 5.32 Å². The molecule has 0 unspecified atom stereocenters. The zero-order chi connectivity index (χ0) is 14.8. The second kappa shape index (κ2) is 4.24. The lowest BCUT2D eigenvalue weighted by molar-refractivity contribution is 0.576. The van der Waals surface area contributed by atoms with Crippen LogP contribution in [0.15, 0.2) is 24.3 Å². The minimum atomic E-state index is -0.837. The predicted molar refractivity (Wildman–Crippen MR) is 73.0 cm³/mol. The van der Waals surface area contributed by atoms with Gasteiger partial charge < -0.3 is 5.32 Å². The van der Waals surface area contributed by atoms with E-state index in [1.54, 1.807) is 0 Å². The lowest BCUT2D eigenvalue weighted by Crippen LogP contribution is -2.26. The zero-order valence-corrected chi connectivity index (χ0v) is 11.5. The normalized spacial score (nSPS) is 18.1. The van der Waals surface area contributed by atoms with Gasteiger partial charge in [0.2, 0.25) is 0 Å². The molecule has 2 aromatic rings. The highest BCUT2D eigenvalue weighted by Crippen LogP contribution is 2.57. The third-order valence-electron chi connectivity index (χ3n) is 4.02. The third-order valence-corrected chi connectivity index (χ3v) is 5.45. The van der Waals surface area contributed by atoms with Gasteiger partial charge in [0.25, 0.3) is 0 Å². The number of fused-ring (bicyclic) bond motifs is 5. The number of thioether (sulfide) groups is 1. The second-order valence-corrected chi connectivity index (χ2v) is 6.44. The molecule has 1 spiro atoms. The van der Waals surface area contributed by atoms with Crippen LogP contribution in [0.1, 0.15) is 11.1 Å². The molecular formula is C15H9F4NS. The standard InChI is InChI=1S/C15H9F4NS/c16-7-1-9-13(11(18)3-7)14-10(2-8(17)4-12(14)19)15(9)5-20-6-21-15/h1-4,20H,5-6H2. The summed E-state index contributed by atoms with van der Waals surface area (Å²) in [4.78, 5) is 0. The van der Waals surface area contributed by atoms with Gasteiger partial charge in [0.1, 0.15) is 23.3 Å². The predicted octanol–water partition coefficient (Wildman–Crippen LogP) is 3.76. The fourth-order valence-corrected chi connectivity index (χ4v) is 4.52. The van der Waals surface area contributed by atoms with E-state index in [1.165, 1.54) is 23.9 Å². The van der Waals surface area contributed by atoms with Gasteiger partial charge in [0.05, 0.1) is 4.75 Å². The van der Waals surface area contributed by atoms with Gasteiger partial charge in [-0.05, 0) is 23.3 Å². The highest BCUT2D eigenvalue weighted by atomic mass is 32.2. The highest BCUT2D eigenvalue weighted by Gasteiger charge is 2.49. The van der Waals surface area contributed by atoms with E-state index in [2.05, 4.69) is 5.32 Å². The topological polar surface area (TPSA) is 12.0 Å². The van der Waals surface area contributed by atoms with Gasteiger partial charge >= 0.3 is 0 Å². The van der Waals surface area contributed by atoms with Crippen molar-refractivity contribution >= 4 is 11.8 Å². The van der Waals surface area contributed by atoms with Crippen LogP contribution in [-0.4, -0.2) is 12.4 Å². The molecule has 0 amide bonds. The van der Waals surface area contributed by atoms with E-state index in [-0.39, 0.29) is 11.1 Å². The quantitative estimate of drug-likeness (QED) is 0.744. The van der Waals surface area contributed by atoms with Crippen molar-refractivity contribution in [3.63, 3.8) is 0 Å². The Hall–Kier alpha value is -1.53. The molecule has 2 aromatic carbocycles. The van der Waals surface area contributed by atoms with E-state index < -0.39 is 28.0 Å². The Balaban J connectivity index is 2.15. The van der Waals surface area contributed by atoms with E-state index in [1.807, 2.05) is 0 Å². The molecule has 0 atom stereocenters. The van der Waals surface area contributed by atoms with Crippen molar-refractivity contribution in [3.05, 3.63) is 58.7 Å². The van der Waals surface area contributed by atoms with Crippen LogP contribution >= 0.6 is 11.8 Å². The second-order valence-electron chi connectivity index (χ2n) is 5.16. The van der Waals surface area contributed by atoms with Crippen LogP contribution in [-0.2, 0) is 4.75 Å². The molecule has 4 rings (SSSR count). The molecule has 1 saturated heterocycles. The minimum absolute atomic E-state index is 0.0418. The number of halogens is 4. The van der Waals surface area contributed by atoms with Crippen LogP contribution in [0.2, 0.25) is 0 Å². The maximum absolute atomic E-state index is 14.2. The molecule has 1 nitrogen and oxygen atoms in total. The molecule has 21 heavy (non-hydrogen) atoms. The molecular weight excluding hydrogens is 302 g/mol. The van der Waals surface area contributed by atoms with Crippen molar-refractivity contribution in [1.29, 1.82) is 0 Å². The molecule has 2 aliphatic rings. The summed E-state index contributed by atoms with van der Waals surface area (Å²) in [6.45, 7) is 0.378. The van der Waals surface area contributed by atoms with Gasteiger partial charge in [-0.3, -0.25) is 0 Å². The molecule has 0 aromatic heterocycles. The first-order valence-electron chi connectivity index (χ1n) is 6.37. The SMILES string of the molecule is Fc1cc(F)c2c(c1)C1(CNCS1)c1cc(F)cc(F)c1-2. The van der Waals surface area contributed by atoms with Crippen LogP contribution < -0.4 is 5.32 Å². The molecule has 1 aliphatic heterocycles. The Morgan fingerprint density at radius 3 is 1.81 bits per heavy atom. The average Bonchev–Trinajstić information content (AvgIpc) is 2.97. The van der Waals surface area contributed by atoms with Crippen LogP contribution in [0.4, 0.5) is 17.6 Å². The molecule has 1 N–H and O–H groups in total. The monoisotopic (exact) mass is 311 g/mol. The molecule has 1 heterocycles. The molecule has 108 valence electrons. The van der Waals surface area contributed by atoms with Crippen molar-refractivity contribution in [3.8, 4) is 11.1 Å². The van der Waals surface area contributed by atoms with E-state index >= 15 is 0 Å². The van der Waals surface area contributed by atoms with Gasteiger partial charge in [0.15, 0.2) is 0 Å². The molecule has 1 fully saturated rings. The maximum Gasteiger partial charge on any atom is 0.134 e. The van der Waals surface area contributed by atoms with Crippen LogP contribution in [0.5, 0.6) is 0 Å². The summed E-state index contributed by atoms with van der Waals surface area (Å²) >= 11 is 1.39. The number of benzene rings is 2. The number of rotatable bonds is 0. The highest BCUT2D eigenvalue weighted by molar-refractivity contribution is 8.00.